The smallest absolute Gasteiger partial charge is 0.249 e. The van der Waals surface area contributed by atoms with Crippen LogP contribution in [0.15, 0.2) is 6.07 Å². The molecule has 1 saturated carbocycles. The maximum atomic E-state index is 12.6. The van der Waals surface area contributed by atoms with Crippen molar-refractivity contribution in [1.29, 1.82) is 0 Å². The maximum absolute atomic E-state index is 12.6. The molecule has 0 aromatic carbocycles. The summed E-state index contributed by atoms with van der Waals surface area (Å²) in [5.41, 5.74) is 1.87. The number of hydrogen-bond acceptors (Lipinski definition) is 3. The molecule has 0 N–H and O–H groups in total. The van der Waals surface area contributed by atoms with Crippen LogP contribution in [0.2, 0.25) is 0 Å². The molecule has 6 heteroatoms. The molecule has 2 aliphatic rings. The van der Waals surface area contributed by atoms with E-state index in [2.05, 4.69) is 5.10 Å². The van der Waals surface area contributed by atoms with Gasteiger partial charge in [0.2, 0.25) is 11.8 Å². The minimum absolute atomic E-state index is 0.0344. The predicted octanol–water partition coefficient (Wildman–Crippen LogP) is 1.10. The normalized spacial score (nSPS) is 20.2. The van der Waals surface area contributed by atoms with Gasteiger partial charge in [-0.2, -0.15) is 5.10 Å². The average Bonchev–Trinajstić information content (AvgIpc) is 3.08. The first-order chi connectivity index (χ1) is 9.95. The first-order valence-electron chi connectivity index (χ1n) is 7.55. The van der Waals surface area contributed by atoms with Crippen molar-refractivity contribution in [2.75, 3.05) is 19.8 Å². The van der Waals surface area contributed by atoms with E-state index in [0.717, 1.165) is 17.9 Å². The third-order valence-corrected chi connectivity index (χ3v) is 4.28. The Bertz CT molecular complexity index is 576. The summed E-state index contributed by atoms with van der Waals surface area (Å²) in [6.07, 6.45) is 2.42. The fourth-order valence-electron chi connectivity index (χ4n) is 2.92. The molecule has 21 heavy (non-hydrogen) atoms. The van der Waals surface area contributed by atoms with Crippen LogP contribution >= 0.6 is 0 Å². The average molecular weight is 290 g/mol. The molecule has 2 fully saturated rings. The Morgan fingerprint density at radius 2 is 2.14 bits per heavy atom. The first kappa shape index (κ1) is 14.1. The SMILES string of the molecule is Cc1cc(C)n(C(C)C(=O)N2CC(=O)N(CC3CC3)C2)n1. The molecule has 1 saturated heterocycles. The zero-order valence-corrected chi connectivity index (χ0v) is 12.9. The lowest BCUT2D eigenvalue weighted by Crippen LogP contribution is -2.37. The van der Waals surface area contributed by atoms with Crippen molar-refractivity contribution in [1.82, 2.24) is 19.6 Å². The van der Waals surface area contributed by atoms with Gasteiger partial charge in [-0.15, -0.1) is 0 Å². The summed E-state index contributed by atoms with van der Waals surface area (Å²) in [5, 5.41) is 4.37. The van der Waals surface area contributed by atoms with Gasteiger partial charge in [-0.3, -0.25) is 14.3 Å². The topological polar surface area (TPSA) is 58.4 Å². The molecule has 0 spiro atoms. The van der Waals surface area contributed by atoms with Crippen LogP contribution in [-0.2, 0) is 9.59 Å². The molecule has 6 nitrogen and oxygen atoms in total. The number of aryl methyl sites for hydroxylation is 2. The Morgan fingerprint density at radius 3 is 2.71 bits per heavy atom. The summed E-state index contributed by atoms with van der Waals surface area (Å²) in [7, 11) is 0. The molecular weight excluding hydrogens is 268 g/mol. The number of amides is 2. The van der Waals surface area contributed by atoms with Crippen molar-refractivity contribution in [3.8, 4) is 0 Å². The van der Waals surface area contributed by atoms with Gasteiger partial charge in [-0.1, -0.05) is 0 Å². The van der Waals surface area contributed by atoms with Crippen LogP contribution in [0.3, 0.4) is 0 Å². The number of hydrogen-bond donors (Lipinski definition) is 0. The molecule has 0 bridgehead atoms. The summed E-state index contributed by atoms with van der Waals surface area (Å²) in [6, 6.07) is 1.59. The third-order valence-electron chi connectivity index (χ3n) is 4.28. The van der Waals surface area contributed by atoms with Crippen molar-refractivity contribution in [3.05, 3.63) is 17.5 Å². The Balaban J connectivity index is 1.67. The molecule has 1 aliphatic heterocycles. The van der Waals surface area contributed by atoms with Crippen LogP contribution < -0.4 is 0 Å². The molecule has 1 atom stereocenters. The lowest BCUT2D eigenvalue weighted by molar-refractivity contribution is -0.134. The second-order valence-corrected chi connectivity index (χ2v) is 6.28. The van der Waals surface area contributed by atoms with Crippen LogP contribution in [-0.4, -0.2) is 51.2 Å². The lowest BCUT2D eigenvalue weighted by atomic mass is 10.3. The number of carbonyl (C=O) groups excluding carboxylic acids is 2. The summed E-state index contributed by atoms with van der Waals surface area (Å²) in [4.78, 5) is 28.0. The van der Waals surface area contributed by atoms with Gasteiger partial charge in [0, 0.05) is 12.2 Å². The highest BCUT2D eigenvalue weighted by molar-refractivity contribution is 5.89. The van der Waals surface area contributed by atoms with Gasteiger partial charge >= 0.3 is 0 Å². The number of aromatic nitrogens is 2. The highest BCUT2D eigenvalue weighted by Crippen LogP contribution is 2.30. The molecule has 2 amide bonds. The fourth-order valence-corrected chi connectivity index (χ4v) is 2.92. The molecular formula is C15H22N4O2. The zero-order valence-electron chi connectivity index (χ0n) is 12.9. The van der Waals surface area contributed by atoms with Gasteiger partial charge in [0.1, 0.15) is 12.6 Å². The summed E-state index contributed by atoms with van der Waals surface area (Å²) < 4.78 is 1.74. The van der Waals surface area contributed by atoms with Crippen LogP contribution in [0.5, 0.6) is 0 Å². The van der Waals surface area contributed by atoms with Crippen molar-refractivity contribution in [2.45, 2.75) is 39.7 Å². The minimum atomic E-state index is -0.368. The van der Waals surface area contributed by atoms with E-state index in [1.165, 1.54) is 12.8 Å². The lowest BCUT2D eigenvalue weighted by Gasteiger charge is -2.22. The molecule has 1 aliphatic carbocycles. The van der Waals surface area contributed by atoms with E-state index in [0.29, 0.717) is 12.6 Å². The molecule has 1 unspecified atom stereocenters. The Kier molecular flexibility index (Phi) is 3.47. The monoisotopic (exact) mass is 290 g/mol. The number of nitrogens with zero attached hydrogens (tertiary/aromatic N) is 4. The Hall–Kier alpha value is -1.85. The molecule has 114 valence electrons. The van der Waals surface area contributed by atoms with Crippen LogP contribution in [0.1, 0.15) is 37.2 Å². The van der Waals surface area contributed by atoms with E-state index in [1.54, 1.807) is 9.58 Å². The van der Waals surface area contributed by atoms with Crippen LogP contribution in [0, 0.1) is 19.8 Å². The largest absolute Gasteiger partial charge is 0.323 e. The summed E-state index contributed by atoms with van der Waals surface area (Å²) in [6.45, 7) is 7.13. The highest BCUT2D eigenvalue weighted by atomic mass is 16.2. The molecule has 0 radical (unpaired) electrons. The summed E-state index contributed by atoms with van der Waals surface area (Å²) >= 11 is 0. The van der Waals surface area contributed by atoms with Crippen LogP contribution in [0.25, 0.3) is 0 Å². The van der Waals surface area contributed by atoms with Gasteiger partial charge in [0.05, 0.1) is 12.4 Å². The standard InChI is InChI=1S/C15H22N4O2/c1-10-6-11(2)19(16-10)12(3)15(21)18-8-14(20)17(9-18)7-13-4-5-13/h6,12-13H,4-5,7-9H2,1-3H3. The highest BCUT2D eigenvalue weighted by Gasteiger charge is 2.36. The van der Waals surface area contributed by atoms with Gasteiger partial charge in [0.15, 0.2) is 0 Å². The number of carbonyl (C=O) groups is 2. The first-order valence-corrected chi connectivity index (χ1v) is 7.55. The van der Waals surface area contributed by atoms with E-state index in [4.69, 9.17) is 0 Å². The molecule has 3 rings (SSSR count). The Labute approximate surface area is 124 Å². The van der Waals surface area contributed by atoms with Crippen molar-refractivity contribution in [2.24, 2.45) is 5.92 Å². The van der Waals surface area contributed by atoms with Crippen molar-refractivity contribution in [3.63, 3.8) is 0 Å². The van der Waals surface area contributed by atoms with Crippen LogP contribution in [0.4, 0.5) is 0 Å². The van der Waals surface area contributed by atoms with E-state index >= 15 is 0 Å². The fraction of sp³-hybridized carbons (Fsp3) is 0.667. The predicted molar refractivity (Wildman–Crippen MR) is 77.4 cm³/mol. The third kappa shape index (κ3) is 2.80. The van der Waals surface area contributed by atoms with E-state index in [1.807, 2.05) is 31.7 Å². The van der Waals surface area contributed by atoms with Gasteiger partial charge < -0.3 is 9.80 Å². The van der Waals surface area contributed by atoms with Crippen molar-refractivity contribution >= 4 is 11.8 Å². The minimum Gasteiger partial charge on any atom is -0.323 e. The quantitative estimate of drug-likeness (QED) is 0.834. The van der Waals surface area contributed by atoms with Gasteiger partial charge in [-0.05, 0) is 45.6 Å². The second kappa shape index (κ2) is 5.16. The maximum Gasteiger partial charge on any atom is 0.249 e. The van der Waals surface area contributed by atoms with E-state index in [9.17, 15) is 9.59 Å². The second-order valence-electron chi connectivity index (χ2n) is 6.28. The number of rotatable bonds is 4. The van der Waals surface area contributed by atoms with Gasteiger partial charge in [-0.25, -0.2) is 0 Å². The molecule has 1 aromatic heterocycles. The zero-order chi connectivity index (χ0) is 15.1. The van der Waals surface area contributed by atoms with Crippen molar-refractivity contribution < 1.29 is 9.59 Å². The molecule has 2 heterocycles. The van der Waals surface area contributed by atoms with Gasteiger partial charge in [0.25, 0.3) is 0 Å². The van der Waals surface area contributed by atoms with E-state index < -0.39 is 0 Å². The Morgan fingerprint density at radius 1 is 1.43 bits per heavy atom. The van der Waals surface area contributed by atoms with E-state index in [-0.39, 0.29) is 24.4 Å². The molecule has 1 aromatic rings. The summed E-state index contributed by atoms with van der Waals surface area (Å²) in [5.74, 6) is 0.682.